The third-order valence-corrected chi connectivity index (χ3v) is 4.12. The summed E-state index contributed by atoms with van der Waals surface area (Å²) < 4.78 is 5.53. The van der Waals surface area contributed by atoms with E-state index in [2.05, 4.69) is 72.0 Å². The van der Waals surface area contributed by atoms with Crippen LogP contribution in [0.5, 0.6) is 0 Å². The zero-order valence-electron chi connectivity index (χ0n) is 15.1. The van der Waals surface area contributed by atoms with Crippen LogP contribution in [0.15, 0.2) is 18.2 Å². The number of nitrogens with one attached hydrogen (secondary N) is 1. The maximum absolute atomic E-state index is 5.53. The Morgan fingerprint density at radius 3 is 2.14 bits per heavy atom. The summed E-state index contributed by atoms with van der Waals surface area (Å²) >= 11 is 0. The van der Waals surface area contributed by atoms with Crippen molar-refractivity contribution in [3.05, 3.63) is 29.3 Å². The van der Waals surface area contributed by atoms with E-state index in [1.54, 1.807) is 7.11 Å². The number of rotatable bonds is 7. The molecule has 0 spiro atoms. The second-order valence-electron chi connectivity index (χ2n) is 7.37. The zero-order chi connectivity index (χ0) is 16.2. The van der Waals surface area contributed by atoms with Gasteiger partial charge in [0.25, 0.3) is 0 Å². The van der Waals surface area contributed by atoms with Crippen molar-refractivity contribution in [1.82, 2.24) is 0 Å². The van der Waals surface area contributed by atoms with Gasteiger partial charge in [0.1, 0.15) is 0 Å². The Hall–Kier alpha value is -1.02. The zero-order valence-corrected chi connectivity index (χ0v) is 15.1. The fraction of sp³-hybridized carbons (Fsp3) is 0.684. The van der Waals surface area contributed by atoms with Crippen LogP contribution in [0.3, 0.4) is 0 Å². The lowest BCUT2D eigenvalue weighted by atomic mass is 9.93. The number of ether oxygens (including phenoxy) is 1. The van der Waals surface area contributed by atoms with Crippen molar-refractivity contribution < 1.29 is 4.74 Å². The maximum atomic E-state index is 5.53. The molecule has 2 heteroatoms. The van der Waals surface area contributed by atoms with Crippen molar-refractivity contribution in [2.45, 2.75) is 78.4 Å². The van der Waals surface area contributed by atoms with Crippen molar-refractivity contribution >= 4 is 5.69 Å². The van der Waals surface area contributed by atoms with Gasteiger partial charge in [-0.05, 0) is 56.2 Å². The van der Waals surface area contributed by atoms with E-state index in [0.29, 0.717) is 17.9 Å². The van der Waals surface area contributed by atoms with Crippen LogP contribution >= 0.6 is 0 Å². The highest BCUT2D eigenvalue weighted by Gasteiger charge is 2.21. The Balaban J connectivity index is 2.92. The van der Waals surface area contributed by atoms with Crippen LogP contribution < -0.4 is 5.32 Å². The largest absolute Gasteiger partial charge is 0.382 e. The fourth-order valence-corrected chi connectivity index (χ4v) is 2.69. The van der Waals surface area contributed by atoms with Gasteiger partial charge in [-0.15, -0.1) is 0 Å². The first kappa shape index (κ1) is 18.0. The molecule has 0 aromatic heterocycles. The first-order valence-electron chi connectivity index (χ1n) is 8.11. The molecule has 21 heavy (non-hydrogen) atoms. The lowest BCUT2D eigenvalue weighted by molar-refractivity contribution is 0.0128. The minimum absolute atomic E-state index is 0.0950. The maximum Gasteiger partial charge on any atom is 0.0642 e. The van der Waals surface area contributed by atoms with E-state index in [1.165, 1.54) is 16.8 Å². The molecule has 0 fully saturated rings. The van der Waals surface area contributed by atoms with E-state index in [4.69, 9.17) is 4.74 Å². The van der Waals surface area contributed by atoms with Crippen LogP contribution in [0, 0.1) is 0 Å². The number of hydrogen-bond donors (Lipinski definition) is 1. The first-order chi connectivity index (χ1) is 9.66. The number of hydrogen-bond acceptors (Lipinski definition) is 2. The normalized spacial score (nSPS) is 13.8. The molecule has 0 bridgehead atoms. The highest BCUT2D eigenvalue weighted by molar-refractivity contribution is 5.55. The molecule has 0 radical (unpaired) electrons. The lowest BCUT2D eigenvalue weighted by Crippen LogP contribution is -2.31. The molecule has 1 unspecified atom stereocenters. The van der Waals surface area contributed by atoms with E-state index in [1.807, 2.05) is 0 Å². The van der Waals surface area contributed by atoms with Crippen molar-refractivity contribution in [2.75, 3.05) is 12.4 Å². The van der Waals surface area contributed by atoms with Gasteiger partial charge >= 0.3 is 0 Å². The fourth-order valence-electron chi connectivity index (χ4n) is 2.69. The third-order valence-electron chi connectivity index (χ3n) is 4.12. The van der Waals surface area contributed by atoms with Crippen LogP contribution in [0.2, 0.25) is 0 Å². The van der Waals surface area contributed by atoms with Gasteiger partial charge in [0, 0.05) is 18.8 Å². The second-order valence-corrected chi connectivity index (χ2v) is 7.37. The molecule has 0 amide bonds. The van der Waals surface area contributed by atoms with Crippen LogP contribution in [0.25, 0.3) is 0 Å². The van der Waals surface area contributed by atoms with Crippen LogP contribution in [0.4, 0.5) is 5.69 Å². The lowest BCUT2D eigenvalue weighted by Gasteiger charge is -2.29. The van der Waals surface area contributed by atoms with Gasteiger partial charge in [-0.3, -0.25) is 0 Å². The van der Waals surface area contributed by atoms with Crippen LogP contribution in [-0.4, -0.2) is 18.8 Å². The minimum atomic E-state index is -0.0950. The molecule has 2 nitrogen and oxygen atoms in total. The first-order valence-corrected chi connectivity index (χ1v) is 8.11. The summed E-state index contributed by atoms with van der Waals surface area (Å²) in [6, 6.07) is 7.21. The Labute approximate surface area is 131 Å². The van der Waals surface area contributed by atoms with Crippen molar-refractivity contribution in [2.24, 2.45) is 0 Å². The van der Waals surface area contributed by atoms with Crippen molar-refractivity contribution in [1.29, 1.82) is 0 Å². The third kappa shape index (κ3) is 5.35. The molecule has 1 rings (SSSR count). The number of anilines is 1. The molecule has 0 heterocycles. The summed E-state index contributed by atoms with van der Waals surface area (Å²) in [5, 5.41) is 3.67. The summed E-state index contributed by atoms with van der Waals surface area (Å²) in [4.78, 5) is 0. The smallest absolute Gasteiger partial charge is 0.0642 e. The highest BCUT2D eigenvalue weighted by Crippen LogP contribution is 2.29. The van der Waals surface area contributed by atoms with Crippen molar-refractivity contribution in [3.8, 4) is 0 Å². The molecular weight excluding hydrogens is 258 g/mol. The van der Waals surface area contributed by atoms with Gasteiger partial charge in [-0.25, -0.2) is 0 Å². The molecule has 0 aliphatic carbocycles. The van der Waals surface area contributed by atoms with Gasteiger partial charge in [-0.1, -0.05) is 39.8 Å². The average molecular weight is 291 g/mol. The SMILES string of the molecule is COC(C)(C)CC(C)Nc1ccc(C(C)C)cc1C(C)C. The van der Waals surface area contributed by atoms with Crippen LogP contribution in [0.1, 0.15) is 77.8 Å². The Kier molecular flexibility index (Phi) is 6.27. The van der Waals surface area contributed by atoms with Crippen LogP contribution in [-0.2, 0) is 4.74 Å². The molecule has 0 saturated carbocycles. The molecule has 1 atom stereocenters. The Morgan fingerprint density at radius 1 is 1.05 bits per heavy atom. The monoisotopic (exact) mass is 291 g/mol. The Bertz CT molecular complexity index is 449. The quantitative estimate of drug-likeness (QED) is 0.711. The standard InChI is InChI=1S/C19H33NO/c1-13(2)16-9-10-18(17(11-16)14(3)4)20-15(5)12-19(6,7)21-8/h9-11,13-15,20H,12H2,1-8H3. The molecule has 1 aromatic rings. The van der Waals surface area contributed by atoms with Gasteiger partial charge in [0.05, 0.1) is 5.60 Å². The molecule has 0 aliphatic heterocycles. The van der Waals surface area contributed by atoms with Gasteiger partial charge < -0.3 is 10.1 Å². The Morgan fingerprint density at radius 2 is 1.67 bits per heavy atom. The van der Waals surface area contributed by atoms with E-state index < -0.39 is 0 Å². The molecule has 1 aromatic carbocycles. The summed E-state index contributed by atoms with van der Waals surface area (Å²) in [5.74, 6) is 1.09. The van der Waals surface area contributed by atoms with Crippen molar-refractivity contribution in [3.63, 3.8) is 0 Å². The van der Waals surface area contributed by atoms with E-state index in [0.717, 1.165) is 6.42 Å². The molecule has 0 aliphatic rings. The van der Waals surface area contributed by atoms with Gasteiger partial charge in [0.2, 0.25) is 0 Å². The summed E-state index contributed by atoms with van der Waals surface area (Å²) in [7, 11) is 1.78. The molecule has 120 valence electrons. The summed E-state index contributed by atoms with van der Waals surface area (Å²) in [6.45, 7) is 15.5. The topological polar surface area (TPSA) is 21.3 Å². The van der Waals surface area contributed by atoms with Gasteiger partial charge in [-0.2, -0.15) is 0 Å². The van der Waals surface area contributed by atoms with E-state index in [9.17, 15) is 0 Å². The molecule has 1 N–H and O–H groups in total. The predicted molar refractivity (Wildman–Crippen MR) is 93.4 cm³/mol. The average Bonchev–Trinajstić information content (AvgIpc) is 2.37. The second kappa shape index (κ2) is 7.31. The number of benzene rings is 1. The minimum Gasteiger partial charge on any atom is -0.382 e. The molecule has 0 saturated heterocycles. The summed E-state index contributed by atoms with van der Waals surface area (Å²) in [6.07, 6.45) is 0.979. The summed E-state index contributed by atoms with van der Waals surface area (Å²) in [5.41, 5.74) is 3.98. The highest BCUT2D eigenvalue weighted by atomic mass is 16.5. The van der Waals surface area contributed by atoms with Gasteiger partial charge in [0.15, 0.2) is 0 Å². The molecular formula is C19H33NO. The number of methoxy groups -OCH3 is 1. The van der Waals surface area contributed by atoms with E-state index in [-0.39, 0.29) is 5.60 Å². The predicted octanol–water partition coefficient (Wildman–Crippen LogP) is 5.55. The van der Waals surface area contributed by atoms with E-state index >= 15 is 0 Å².